The van der Waals surface area contributed by atoms with Crippen molar-refractivity contribution in [3.8, 4) is 11.8 Å². The highest BCUT2D eigenvalue weighted by molar-refractivity contribution is 5.71. The third-order valence-corrected chi connectivity index (χ3v) is 6.10. The first kappa shape index (κ1) is 22.8. The topological polar surface area (TPSA) is 59.7 Å². The molecule has 3 aromatic carbocycles. The summed E-state index contributed by atoms with van der Waals surface area (Å²) in [5.41, 5.74) is 6.01. The zero-order valence-electron chi connectivity index (χ0n) is 19.2. The van der Waals surface area contributed by atoms with Crippen LogP contribution in [0.3, 0.4) is 0 Å². The minimum atomic E-state index is -0.578. The summed E-state index contributed by atoms with van der Waals surface area (Å²) in [5.74, 6) is 0.661. The van der Waals surface area contributed by atoms with Gasteiger partial charge in [-0.05, 0) is 80.4 Å². The molecule has 0 saturated carbocycles. The van der Waals surface area contributed by atoms with Gasteiger partial charge in [-0.15, -0.1) is 0 Å². The highest BCUT2D eigenvalue weighted by atomic mass is 16.5. The lowest BCUT2D eigenvalue weighted by atomic mass is 10.0. The molecule has 1 heterocycles. The molecule has 0 bridgehead atoms. The van der Waals surface area contributed by atoms with Crippen molar-refractivity contribution in [1.29, 1.82) is 5.26 Å². The Morgan fingerprint density at radius 3 is 2.18 bits per heavy atom. The number of ether oxygens (including phenoxy) is 1. The van der Waals surface area contributed by atoms with Crippen molar-refractivity contribution in [2.24, 2.45) is 0 Å². The number of rotatable bonds is 9. The van der Waals surface area contributed by atoms with E-state index in [2.05, 4.69) is 64.4 Å². The molecule has 0 aliphatic carbocycles. The number of hydrogen-bond donors (Lipinski definition) is 1. The third-order valence-electron chi connectivity index (χ3n) is 6.10. The lowest BCUT2D eigenvalue weighted by Crippen LogP contribution is -2.34. The Kier molecular flexibility index (Phi) is 7.62. The monoisotopic (exact) mass is 441 g/mol. The van der Waals surface area contributed by atoms with Gasteiger partial charge in [0.2, 0.25) is 0 Å². The maximum Gasteiger partial charge on any atom is 0.119 e. The van der Waals surface area contributed by atoms with E-state index >= 15 is 0 Å². The van der Waals surface area contributed by atoms with Crippen molar-refractivity contribution >= 4 is 11.4 Å². The number of aryl methyl sites for hydroxylation is 2. The summed E-state index contributed by atoms with van der Waals surface area (Å²) in [6, 6.07) is 26.5. The number of para-hydroxylation sites is 2. The number of aliphatic hydroxyl groups is 1. The van der Waals surface area contributed by atoms with E-state index in [4.69, 9.17) is 10.00 Å². The highest BCUT2D eigenvalue weighted by Crippen LogP contribution is 2.35. The van der Waals surface area contributed by atoms with Gasteiger partial charge in [-0.2, -0.15) is 5.26 Å². The largest absolute Gasteiger partial charge is 0.491 e. The zero-order valence-corrected chi connectivity index (χ0v) is 19.2. The number of hydrogen-bond acceptors (Lipinski definition) is 5. The number of benzene rings is 3. The van der Waals surface area contributed by atoms with E-state index in [1.54, 1.807) is 24.3 Å². The molecule has 0 fully saturated rings. The van der Waals surface area contributed by atoms with E-state index in [0.29, 0.717) is 17.9 Å². The van der Waals surface area contributed by atoms with Crippen LogP contribution < -0.4 is 9.64 Å². The average Bonchev–Trinajstić information content (AvgIpc) is 3.00. The molecule has 0 saturated heterocycles. The lowest BCUT2D eigenvalue weighted by molar-refractivity contribution is 0.0762. The molecule has 0 radical (unpaired) electrons. The van der Waals surface area contributed by atoms with Crippen molar-refractivity contribution in [2.45, 2.75) is 25.4 Å². The van der Waals surface area contributed by atoms with Crippen LogP contribution >= 0.6 is 0 Å². The summed E-state index contributed by atoms with van der Waals surface area (Å²) < 4.78 is 5.67. The van der Waals surface area contributed by atoms with Gasteiger partial charge in [0.05, 0.1) is 11.6 Å². The van der Waals surface area contributed by atoms with Crippen molar-refractivity contribution < 1.29 is 9.84 Å². The van der Waals surface area contributed by atoms with Crippen LogP contribution in [0.15, 0.2) is 72.8 Å². The fraction of sp³-hybridized carbons (Fsp3) is 0.321. The normalized spacial score (nSPS) is 13.6. The van der Waals surface area contributed by atoms with E-state index in [-0.39, 0.29) is 6.61 Å². The molecule has 3 aromatic rings. The molecule has 1 atom stereocenters. The van der Waals surface area contributed by atoms with E-state index in [0.717, 1.165) is 32.4 Å². The van der Waals surface area contributed by atoms with Crippen molar-refractivity contribution in [1.82, 2.24) is 4.90 Å². The maximum atomic E-state index is 10.4. The molecular weight excluding hydrogens is 410 g/mol. The van der Waals surface area contributed by atoms with Crippen LogP contribution in [-0.2, 0) is 12.8 Å². The van der Waals surface area contributed by atoms with Gasteiger partial charge < -0.3 is 19.6 Å². The number of nitriles is 1. The molecule has 1 aliphatic rings. The predicted octanol–water partition coefficient (Wildman–Crippen LogP) is 4.56. The second-order valence-electron chi connectivity index (χ2n) is 8.63. The molecule has 170 valence electrons. The summed E-state index contributed by atoms with van der Waals surface area (Å²) in [7, 11) is 2.04. The first-order chi connectivity index (χ1) is 16.1. The molecule has 1 N–H and O–H groups in total. The first-order valence-corrected chi connectivity index (χ1v) is 11.6. The molecule has 0 spiro atoms. The van der Waals surface area contributed by atoms with Gasteiger partial charge >= 0.3 is 0 Å². The van der Waals surface area contributed by atoms with E-state index in [1.807, 2.05) is 7.05 Å². The Morgan fingerprint density at radius 2 is 1.58 bits per heavy atom. The molecule has 5 heteroatoms. The summed E-state index contributed by atoms with van der Waals surface area (Å²) >= 11 is 0. The lowest BCUT2D eigenvalue weighted by Gasteiger charge is -2.28. The molecule has 4 rings (SSSR count). The molecule has 1 unspecified atom stereocenters. The molecular formula is C28H31N3O2. The Balaban J connectivity index is 1.29. The van der Waals surface area contributed by atoms with E-state index < -0.39 is 6.10 Å². The van der Waals surface area contributed by atoms with Crippen LogP contribution in [0, 0.1) is 11.3 Å². The number of nitrogens with zero attached hydrogens (tertiary/aromatic N) is 3. The fourth-order valence-electron chi connectivity index (χ4n) is 4.43. The Labute approximate surface area is 196 Å². The Hall–Kier alpha value is -3.33. The summed E-state index contributed by atoms with van der Waals surface area (Å²) in [6.45, 7) is 2.58. The van der Waals surface area contributed by atoms with Gasteiger partial charge in [0, 0.05) is 24.5 Å². The van der Waals surface area contributed by atoms with Gasteiger partial charge in [0.25, 0.3) is 0 Å². The van der Waals surface area contributed by atoms with Crippen LogP contribution in [0.2, 0.25) is 0 Å². The summed E-state index contributed by atoms with van der Waals surface area (Å²) in [6.07, 6.45) is 2.54. The standard InChI is InChI=1S/C28H31N3O2/c1-30(20-25(32)21-33-26-15-11-22(19-29)12-16-26)17-6-18-31-27-9-4-2-7-23(27)13-14-24-8-3-5-10-28(24)31/h2-5,7-12,15-16,25,32H,6,13-14,17-18,20-21H2,1H3. The molecule has 0 aromatic heterocycles. The number of anilines is 2. The van der Waals surface area contributed by atoms with E-state index in [9.17, 15) is 5.11 Å². The minimum absolute atomic E-state index is 0.225. The maximum absolute atomic E-state index is 10.4. The average molecular weight is 442 g/mol. The van der Waals surface area contributed by atoms with Gasteiger partial charge in [0.1, 0.15) is 18.5 Å². The summed E-state index contributed by atoms with van der Waals surface area (Å²) in [5, 5.41) is 19.3. The van der Waals surface area contributed by atoms with Gasteiger partial charge in [-0.1, -0.05) is 36.4 Å². The van der Waals surface area contributed by atoms with Crippen LogP contribution in [0.1, 0.15) is 23.1 Å². The first-order valence-electron chi connectivity index (χ1n) is 11.6. The second kappa shape index (κ2) is 11.0. The summed E-state index contributed by atoms with van der Waals surface area (Å²) in [4.78, 5) is 4.61. The zero-order chi connectivity index (χ0) is 23.0. The Morgan fingerprint density at radius 1 is 0.970 bits per heavy atom. The smallest absolute Gasteiger partial charge is 0.119 e. The number of aliphatic hydroxyl groups excluding tert-OH is 1. The number of fused-ring (bicyclic) bond motifs is 2. The predicted molar refractivity (Wildman–Crippen MR) is 132 cm³/mol. The molecule has 1 aliphatic heterocycles. The van der Waals surface area contributed by atoms with Crippen molar-refractivity contribution in [2.75, 3.05) is 38.2 Å². The fourth-order valence-corrected chi connectivity index (χ4v) is 4.43. The SMILES string of the molecule is CN(CCCN1c2ccccc2CCc2ccccc21)CC(O)COc1ccc(C#N)cc1. The van der Waals surface area contributed by atoms with Crippen LogP contribution in [0.5, 0.6) is 5.75 Å². The molecule has 0 amide bonds. The van der Waals surface area contributed by atoms with Crippen molar-refractivity contribution in [3.05, 3.63) is 89.5 Å². The Bertz CT molecular complexity index is 1040. The highest BCUT2D eigenvalue weighted by Gasteiger charge is 2.20. The second-order valence-corrected chi connectivity index (χ2v) is 8.63. The van der Waals surface area contributed by atoms with Crippen LogP contribution in [-0.4, -0.2) is 49.4 Å². The van der Waals surface area contributed by atoms with Crippen LogP contribution in [0.4, 0.5) is 11.4 Å². The molecule has 33 heavy (non-hydrogen) atoms. The third kappa shape index (κ3) is 5.92. The van der Waals surface area contributed by atoms with Gasteiger partial charge in [-0.3, -0.25) is 0 Å². The van der Waals surface area contributed by atoms with Gasteiger partial charge in [0.15, 0.2) is 0 Å². The number of likely N-dealkylation sites (N-methyl/N-ethyl adjacent to an activating group) is 1. The van der Waals surface area contributed by atoms with Crippen LogP contribution in [0.25, 0.3) is 0 Å². The molecule has 5 nitrogen and oxygen atoms in total. The van der Waals surface area contributed by atoms with Crippen molar-refractivity contribution in [3.63, 3.8) is 0 Å². The minimum Gasteiger partial charge on any atom is -0.491 e. The van der Waals surface area contributed by atoms with E-state index in [1.165, 1.54) is 22.5 Å². The van der Waals surface area contributed by atoms with Gasteiger partial charge in [-0.25, -0.2) is 0 Å². The quantitative estimate of drug-likeness (QED) is 0.528.